The van der Waals surface area contributed by atoms with Crippen molar-refractivity contribution in [2.45, 2.75) is 0 Å². The molecule has 4 heteroatoms. The fourth-order valence-corrected chi connectivity index (χ4v) is 0.623. The summed E-state index contributed by atoms with van der Waals surface area (Å²) in [7, 11) is 0. The summed E-state index contributed by atoms with van der Waals surface area (Å²) in [4.78, 5) is 10.6. The van der Waals surface area contributed by atoms with E-state index in [0.29, 0.717) is 0 Å². The molecule has 58 valence electrons. The number of rotatable bonds is 0. The van der Waals surface area contributed by atoms with E-state index in [1.54, 1.807) is 30.6 Å². The predicted octanol–water partition coefficient (Wildman–Crippen LogP) is 0.867. The Morgan fingerprint density at radius 3 is 2.73 bits per heavy atom. The number of nitrogens with two attached hydrogens (primary N) is 1. The molecule has 0 radical (unpaired) electrons. The lowest BCUT2D eigenvalue weighted by atomic mass is 10.5. The van der Waals surface area contributed by atoms with Crippen LogP contribution in [0.2, 0.25) is 0 Å². The van der Waals surface area contributed by atoms with Crippen molar-refractivity contribution in [1.82, 2.24) is 9.78 Å². The zero-order chi connectivity index (χ0) is 8.10. The van der Waals surface area contributed by atoms with Crippen LogP contribution >= 0.6 is 0 Å². The molecule has 0 aromatic carbocycles. The van der Waals surface area contributed by atoms with Crippen molar-refractivity contribution < 1.29 is 4.79 Å². The van der Waals surface area contributed by atoms with Gasteiger partial charge in [0.05, 0.1) is 0 Å². The molecule has 0 aliphatic heterocycles. The highest BCUT2D eigenvalue weighted by molar-refractivity contribution is 5.73. The van der Waals surface area contributed by atoms with Crippen molar-refractivity contribution in [3.8, 4) is 0 Å². The standard InChI is InChI=1S/C7H9N3O/c8-7(11)10-6-4-2-1-3-5-9-10/h1-6,9H,(H2,8,11). The van der Waals surface area contributed by atoms with Gasteiger partial charge in [-0.3, -0.25) is 5.10 Å². The van der Waals surface area contributed by atoms with Crippen LogP contribution in [0.4, 0.5) is 4.79 Å². The SMILES string of the molecule is NC(=O)n1cccccc[nH]1. The molecule has 0 spiro atoms. The molecule has 1 heterocycles. The average molecular weight is 151 g/mol. The van der Waals surface area contributed by atoms with Crippen LogP contribution in [0, 0.1) is 0 Å². The van der Waals surface area contributed by atoms with Gasteiger partial charge < -0.3 is 5.73 Å². The van der Waals surface area contributed by atoms with Crippen molar-refractivity contribution in [3.63, 3.8) is 0 Å². The number of aromatic amines is 1. The predicted molar refractivity (Wildman–Crippen MR) is 41.4 cm³/mol. The minimum atomic E-state index is -0.541. The van der Waals surface area contributed by atoms with Crippen LogP contribution in [0.5, 0.6) is 0 Å². The minimum absolute atomic E-state index is 0.541. The first kappa shape index (κ1) is 7.40. The van der Waals surface area contributed by atoms with Crippen LogP contribution in [0.15, 0.2) is 36.7 Å². The Morgan fingerprint density at radius 1 is 1.27 bits per heavy atom. The van der Waals surface area contributed by atoms with Crippen LogP contribution in [-0.2, 0) is 0 Å². The van der Waals surface area contributed by atoms with Crippen LogP contribution in [0.3, 0.4) is 0 Å². The molecule has 0 aliphatic carbocycles. The molecule has 0 unspecified atom stereocenters. The third-order valence-electron chi connectivity index (χ3n) is 1.12. The van der Waals surface area contributed by atoms with Crippen molar-refractivity contribution in [2.24, 2.45) is 5.73 Å². The second kappa shape index (κ2) is 3.46. The Labute approximate surface area is 63.9 Å². The summed E-state index contributed by atoms with van der Waals surface area (Å²) in [6.45, 7) is 0. The summed E-state index contributed by atoms with van der Waals surface area (Å²) in [6, 6.07) is 6.57. The molecule has 0 saturated heterocycles. The molecule has 0 atom stereocenters. The van der Waals surface area contributed by atoms with Gasteiger partial charge in [0.25, 0.3) is 0 Å². The van der Waals surface area contributed by atoms with Gasteiger partial charge in [-0.05, 0) is 12.1 Å². The Bertz CT molecular complexity index is 266. The number of amides is 1. The minimum Gasteiger partial charge on any atom is -0.350 e. The molecule has 0 saturated carbocycles. The normalized spacial score (nSPS) is 8.73. The first-order valence-electron chi connectivity index (χ1n) is 3.15. The van der Waals surface area contributed by atoms with Gasteiger partial charge in [0.1, 0.15) is 0 Å². The maximum Gasteiger partial charge on any atom is 0.337 e. The third kappa shape index (κ3) is 2.17. The number of nitrogens with zero attached hydrogens (tertiary/aromatic N) is 1. The number of primary amides is 1. The lowest BCUT2D eigenvalue weighted by molar-refractivity contribution is 0.247. The van der Waals surface area contributed by atoms with E-state index < -0.39 is 6.03 Å². The number of H-pyrrole nitrogens is 1. The van der Waals surface area contributed by atoms with E-state index in [0.717, 1.165) is 0 Å². The number of carbonyl (C=O) groups excluding carboxylic acids is 1. The molecule has 4 nitrogen and oxygen atoms in total. The molecule has 3 N–H and O–H groups in total. The second-order valence-electron chi connectivity index (χ2n) is 1.92. The van der Waals surface area contributed by atoms with E-state index in [-0.39, 0.29) is 0 Å². The van der Waals surface area contributed by atoms with Gasteiger partial charge in [-0.1, -0.05) is 12.1 Å². The average Bonchev–Trinajstić information content (AvgIpc) is 1.84. The lowest BCUT2D eigenvalue weighted by Crippen LogP contribution is -2.20. The molecule has 0 aliphatic rings. The summed E-state index contributed by atoms with van der Waals surface area (Å²) < 4.78 is 1.18. The van der Waals surface area contributed by atoms with Gasteiger partial charge in [-0.15, -0.1) is 0 Å². The zero-order valence-electron chi connectivity index (χ0n) is 5.90. The Morgan fingerprint density at radius 2 is 2.00 bits per heavy atom. The van der Waals surface area contributed by atoms with Gasteiger partial charge in [0.15, 0.2) is 0 Å². The molecule has 0 fully saturated rings. The van der Waals surface area contributed by atoms with Gasteiger partial charge in [0.2, 0.25) is 0 Å². The molecule has 1 aromatic heterocycles. The fourth-order valence-electron chi connectivity index (χ4n) is 0.623. The topological polar surface area (TPSA) is 63.8 Å². The maximum atomic E-state index is 10.6. The van der Waals surface area contributed by atoms with E-state index in [4.69, 9.17) is 5.73 Å². The van der Waals surface area contributed by atoms with E-state index in [1.807, 2.05) is 6.07 Å². The quantitative estimate of drug-likeness (QED) is 0.567. The van der Waals surface area contributed by atoms with Crippen molar-refractivity contribution in [2.75, 3.05) is 0 Å². The highest BCUT2D eigenvalue weighted by Crippen LogP contribution is 1.79. The summed E-state index contributed by atoms with van der Waals surface area (Å²) in [5.74, 6) is 0. The van der Waals surface area contributed by atoms with Gasteiger partial charge in [-0.25, -0.2) is 9.48 Å². The zero-order valence-corrected chi connectivity index (χ0v) is 5.90. The smallest absolute Gasteiger partial charge is 0.337 e. The lowest BCUT2D eigenvalue weighted by Gasteiger charge is -1.95. The Hall–Kier alpha value is -1.71. The molecular weight excluding hydrogens is 142 g/mol. The Balaban J connectivity index is 3.12. The first-order valence-corrected chi connectivity index (χ1v) is 3.15. The van der Waals surface area contributed by atoms with Crippen LogP contribution < -0.4 is 5.73 Å². The molecule has 1 rings (SSSR count). The summed E-state index contributed by atoms with van der Waals surface area (Å²) in [5.41, 5.74) is 5.00. The maximum absolute atomic E-state index is 10.6. The second-order valence-corrected chi connectivity index (χ2v) is 1.92. The molecule has 0 bridgehead atoms. The number of nitrogens with one attached hydrogen (secondary N) is 1. The monoisotopic (exact) mass is 151 g/mol. The first-order chi connectivity index (χ1) is 5.30. The van der Waals surface area contributed by atoms with E-state index >= 15 is 0 Å². The largest absolute Gasteiger partial charge is 0.350 e. The number of aromatic nitrogens is 2. The van der Waals surface area contributed by atoms with Crippen molar-refractivity contribution in [1.29, 1.82) is 0 Å². The van der Waals surface area contributed by atoms with E-state index in [9.17, 15) is 4.79 Å². The summed E-state index contributed by atoms with van der Waals surface area (Å²) >= 11 is 0. The van der Waals surface area contributed by atoms with Crippen LogP contribution in [0.25, 0.3) is 0 Å². The number of hydrogen-bond donors (Lipinski definition) is 2. The van der Waals surface area contributed by atoms with Gasteiger partial charge >= 0.3 is 6.03 Å². The molecular formula is C7H9N3O. The van der Waals surface area contributed by atoms with Gasteiger partial charge in [0, 0.05) is 12.4 Å². The van der Waals surface area contributed by atoms with Crippen LogP contribution in [0.1, 0.15) is 0 Å². The molecule has 1 amide bonds. The van der Waals surface area contributed by atoms with E-state index in [2.05, 4.69) is 5.10 Å². The third-order valence-corrected chi connectivity index (χ3v) is 1.12. The molecule has 11 heavy (non-hydrogen) atoms. The van der Waals surface area contributed by atoms with Crippen molar-refractivity contribution >= 4 is 6.03 Å². The van der Waals surface area contributed by atoms with E-state index in [1.165, 1.54) is 4.68 Å². The summed E-state index contributed by atoms with van der Waals surface area (Å²) in [5, 5.41) is 2.66. The number of hydrogen-bond acceptors (Lipinski definition) is 1. The molecule has 1 aromatic rings. The van der Waals surface area contributed by atoms with Gasteiger partial charge in [-0.2, -0.15) is 0 Å². The highest BCUT2D eigenvalue weighted by Gasteiger charge is 1.87. The van der Waals surface area contributed by atoms with Crippen LogP contribution in [-0.4, -0.2) is 15.8 Å². The van der Waals surface area contributed by atoms with Crippen molar-refractivity contribution in [3.05, 3.63) is 36.7 Å². The fraction of sp³-hybridized carbons (Fsp3) is 0. The number of carbonyl (C=O) groups is 1. The Kier molecular flexibility index (Phi) is 2.32. The highest BCUT2D eigenvalue weighted by atomic mass is 16.2. The summed E-state index contributed by atoms with van der Waals surface area (Å²) in [6.07, 6.45) is 3.16.